The Morgan fingerprint density at radius 3 is 2.33 bits per heavy atom. The predicted molar refractivity (Wildman–Crippen MR) is 151 cm³/mol. The summed E-state index contributed by atoms with van der Waals surface area (Å²) in [6.07, 6.45) is 6.35. The van der Waals surface area contributed by atoms with E-state index in [-0.39, 0.29) is 24.0 Å². The number of benzene rings is 2. The number of likely N-dealkylation sites (tertiary alicyclic amines) is 1. The van der Waals surface area contributed by atoms with Crippen LogP contribution in [0, 0.1) is 5.92 Å². The summed E-state index contributed by atoms with van der Waals surface area (Å²) in [5.74, 6) is 0.721. The van der Waals surface area contributed by atoms with Crippen LogP contribution in [0.4, 0.5) is 4.79 Å². The highest BCUT2D eigenvalue weighted by molar-refractivity contribution is 7.88. The van der Waals surface area contributed by atoms with Gasteiger partial charge in [-0.1, -0.05) is 29.3 Å². The van der Waals surface area contributed by atoms with Crippen LogP contribution in [0.2, 0.25) is 10.0 Å². The third-order valence-corrected chi connectivity index (χ3v) is 9.59. The maximum absolute atomic E-state index is 13.5. The van der Waals surface area contributed by atoms with Gasteiger partial charge in [-0.05, 0) is 48.9 Å². The molecular formula is C27H31Cl2N5O4S. The lowest BCUT2D eigenvalue weighted by Crippen LogP contribution is -2.53. The summed E-state index contributed by atoms with van der Waals surface area (Å²) < 4.78 is 33.5. The third kappa shape index (κ3) is 6.19. The number of amides is 2. The Balaban J connectivity index is 1.32. The first kappa shape index (κ1) is 27.8. The molecule has 208 valence electrons. The smallest absolute Gasteiger partial charge is 0.320 e. The minimum atomic E-state index is -3.27. The van der Waals surface area contributed by atoms with Crippen molar-refractivity contribution in [3.8, 4) is 11.4 Å². The van der Waals surface area contributed by atoms with Crippen LogP contribution in [0.15, 0.2) is 61.2 Å². The molecule has 39 heavy (non-hydrogen) atoms. The van der Waals surface area contributed by atoms with Crippen molar-refractivity contribution in [3.63, 3.8) is 0 Å². The van der Waals surface area contributed by atoms with Gasteiger partial charge in [0.1, 0.15) is 11.9 Å². The summed E-state index contributed by atoms with van der Waals surface area (Å²) in [6.45, 7) is 4.35. The van der Waals surface area contributed by atoms with Gasteiger partial charge in [0.2, 0.25) is 10.0 Å². The molecule has 2 saturated heterocycles. The first-order valence-electron chi connectivity index (χ1n) is 12.8. The molecule has 5 rings (SSSR count). The van der Waals surface area contributed by atoms with E-state index in [0.717, 1.165) is 17.0 Å². The number of piperazine rings is 1. The lowest BCUT2D eigenvalue weighted by Gasteiger charge is -2.35. The van der Waals surface area contributed by atoms with E-state index in [9.17, 15) is 13.2 Å². The van der Waals surface area contributed by atoms with Gasteiger partial charge >= 0.3 is 6.03 Å². The third-order valence-electron chi connectivity index (χ3n) is 7.55. The number of rotatable bonds is 6. The summed E-state index contributed by atoms with van der Waals surface area (Å²) in [4.78, 5) is 21.2. The minimum absolute atomic E-state index is 0.00294. The normalized spacial score (nSPS) is 21.2. The van der Waals surface area contributed by atoms with E-state index in [1.165, 1.54) is 10.6 Å². The molecule has 0 saturated carbocycles. The number of hydrogen-bond acceptors (Lipinski definition) is 5. The molecule has 2 unspecified atom stereocenters. The summed E-state index contributed by atoms with van der Waals surface area (Å²) in [6, 6.07) is 13.3. The number of carbonyl (C=O) groups excluding carboxylic acids is 1. The molecular weight excluding hydrogens is 561 g/mol. The largest absolute Gasteiger partial charge is 0.490 e. The van der Waals surface area contributed by atoms with Crippen molar-refractivity contribution >= 4 is 39.3 Å². The molecule has 9 nitrogen and oxygen atoms in total. The molecule has 0 radical (unpaired) electrons. The van der Waals surface area contributed by atoms with Gasteiger partial charge in [-0.25, -0.2) is 18.2 Å². The van der Waals surface area contributed by atoms with Gasteiger partial charge < -0.3 is 19.1 Å². The van der Waals surface area contributed by atoms with Gasteiger partial charge in [0.05, 0.1) is 22.6 Å². The Morgan fingerprint density at radius 2 is 1.72 bits per heavy atom. The molecule has 1 aromatic heterocycles. The van der Waals surface area contributed by atoms with E-state index in [2.05, 4.69) is 4.98 Å². The van der Waals surface area contributed by atoms with Gasteiger partial charge in [-0.3, -0.25) is 0 Å². The van der Waals surface area contributed by atoms with Gasteiger partial charge in [0.15, 0.2) is 0 Å². The molecule has 2 amide bonds. The summed E-state index contributed by atoms with van der Waals surface area (Å²) in [7, 11) is -3.27. The first-order chi connectivity index (χ1) is 18.6. The molecule has 0 N–H and O–H groups in total. The lowest BCUT2D eigenvalue weighted by atomic mass is 9.85. The zero-order valence-electron chi connectivity index (χ0n) is 21.8. The van der Waals surface area contributed by atoms with E-state index in [1.807, 2.05) is 59.0 Å². The van der Waals surface area contributed by atoms with E-state index < -0.39 is 10.0 Å². The van der Waals surface area contributed by atoms with Gasteiger partial charge in [0.25, 0.3) is 0 Å². The number of halogens is 2. The highest BCUT2D eigenvalue weighted by Crippen LogP contribution is 2.39. The number of urea groups is 1. The zero-order valence-corrected chi connectivity index (χ0v) is 24.1. The molecule has 3 atom stereocenters. The van der Waals surface area contributed by atoms with Crippen LogP contribution in [0.1, 0.15) is 18.4 Å². The highest BCUT2D eigenvalue weighted by atomic mass is 35.5. The van der Waals surface area contributed by atoms with Crippen molar-refractivity contribution < 1.29 is 17.9 Å². The van der Waals surface area contributed by atoms with Crippen molar-refractivity contribution in [2.75, 3.05) is 45.5 Å². The lowest BCUT2D eigenvalue weighted by molar-refractivity contribution is 0.129. The Morgan fingerprint density at radius 1 is 1.00 bits per heavy atom. The summed E-state index contributed by atoms with van der Waals surface area (Å²) >= 11 is 12.6. The quantitative estimate of drug-likeness (QED) is 0.425. The number of nitrogens with zero attached hydrogens (tertiary/aromatic N) is 5. The van der Waals surface area contributed by atoms with Crippen molar-refractivity contribution in [2.45, 2.75) is 18.9 Å². The highest BCUT2D eigenvalue weighted by Gasteiger charge is 2.42. The molecule has 0 spiro atoms. The van der Waals surface area contributed by atoms with Crippen LogP contribution in [0.25, 0.3) is 5.69 Å². The van der Waals surface area contributed by atoms with Gasteiger partial charge in [0, 0.05) is 69.2 Å². The fourth-order valence-corrected chi connectivity index (χ4v) is 6.51. The second-order valence-corrected chi connectivity index (χ2v) is 12.9. The monoisotopic (exact) mass is 591 g/mol. The fourth-order valence-electron chi connectivity index (χ4n) is 5.38. The second kappa shape index (κ2) is 11.4. The summed E-state index contributed by atoms with van der Waals surface area (Å²) in [5, 5.41) is 0.951. The van der Waals surface area contributed by atoms with Crippen LogP contribution < -0.4 is 4.74 Å². The molecule has 0 aliphatic carbocycles. The maximum atomic E-state index is 13.5. The van der Waals surface area contributed by atoms with Crippen LogP contribution in [0.5, 0.6) is 5.75 Å². The maximum Gasteiger partial charge on any atom is 0.320 e. The first-order valence-corrected chi connectivity index (χ1v) is 15.4. The number of hydrogen-bond donors (Lipinski definition) is 0. The number of imidazole rings is 1. The average Bonchev–Trinajstić information content (AvgIpc) is 3.61. The molecule has 2 aromatic carbocycles. The van der Waals surface area contributed by atoms with E-state index in [0.29, 0.717) is 49.3 Å². The van der Waals surface area contributed by atoms with Crippen molar-refractivity contribution in [1.82, 2.24) is 23.7 Å². The Bertz CT molecular complexity index is 1410. The van der Waals surface area contributed by atoms with Gasteiger partial charge in [-0.2, -0.15) is 4.31 Å². The van der Waals surface area contributed by atoms with E-state index >= 15 is 0 Å². The van der Waals surface area contributed by atoms with E-state index in [4.69, 9.17) is 27.9 Å². The van der Waals surface area contributed by atoms with Crippen LogP contribution in [-0.4, -0.2) is 89.7 Å². The van der Waals surface area contributed by atoms with Crippen LogP contribution in [-0.2, 0) is 10.0 Å². The average molecular weight is 593 g/mol. The fraction of sp³-hybridized carbons (Fsp3) is 0.407. The molecule has 2 aliphatic heterocycles. The van der Waals surface area contributed by atoms with Crippen molar-refractivity contribution in [3.05, 3.63) is 76.8 Å². The minimum Gasteiger partial charge on any atom is -0.490 e. The van der Waals surface area contributed by atoms with Crippen molar-refractivity contribution in [2.24, 2.45) is 5.92 Å². The second-order valence-electron chi connectivity index (χ2n) is 10.1. The van der Waals surface area contributed by atoms with E-state index in [1.54, 1.807) is 23.5 Å². The SMILES string of the molecule is C[C@@H](Oc1ccc(-n2ccnc2)cc1)C1CN(C(=O)N2CCN(S(C)(=O)=O)CC2)CC1c1ccc(Cl)c(Cl)c1. The molecule has 2 fully saturated rings. The number of ether oxygens (including phenoxy) is 1. The summed E-state index contributed by atoms with van der Waals surface area (Å²) in [5.41, 5.74) is 1.98. The van der Waals surface area contributed by atoms with Gasteiger partial charge in [-0.15, -0.1) is 0 Å². The standard InChI is InChI=1S/C27H31Cl2N5O4S/c1-19(38-22-6-4-21(5-7-22)32-10-9-30-18-32)23-16-33(17-24(23)20-3-8-25(28)26(29)15-20)27(35)31-11-13-34(14-12-31)39(2,36)37/h3-10,15,18-19,23-24H,11-14,16-17H2,1-2H3/t19-,23?,24?/m1/s1. The number of sulfonamides is 1. The predicted octanol–water partition coefficient (Wildman–Crippen LogP) is 4.36. The zero-order chi connectivity index (χ0) is 27.7. The topological polar surface area (TPSA) is 88.0 Å². The molecule has 3 heterocycles. The number of aromatic nitrogens is 2. The molecule has 12 heteroatoms. The molecule has 2 aliphatic rings. The van der Waals surface area contributed by atoms with Crippen molar-refractivity contribution in [1.29, 1.82) is 0 Å². The van der Waals surface area contributed by atoms with Crippen LogP contribution >= 0.6 is 23.2 Å². The van der Waals surface area contributed by atoms with Crippen LogP contribution in [0.3, 0.4) is 0 Å². The Kier molecular flexibility index (Phi) is 8.09. The molecule has 0 bridgehead atoms. The Labute approximate surface area is 238 Å². The Hall–Kier alpha value is -2.79. The number of carbonyl (C=O) groups is 1. The molecule has 3 aromatic rings.